The SMILES string of the molecule is CCC/C=N\N(C)c1ccc(CC(N)C(=O)OC)cc1. The highest BCUT2D eigenvalue weighted by atomic mass is 16.5. The molecule has 0 amide bonds. The molecule has 1 atom stereocenters. The number of carbonyl (C=O) groups is 1. The number of hydrogen-bond acceptors (Lipinski definition) is 5. The molecule has 0 saturated carbocycles. The molecule has 0 spiro atoms. The fourth-order valence-electron chi connectivity index (χ4n) is 1.71. The smallest absolute Gasteiger partial charge is 0.322 e. The fourth-order valence-corrected chi connectivity index (χ4v) is 1.71. The maximum absolute atomic E-state index is 11.3. The quantitative estimate of drug-likeness (QED) is 0.470. The zero-order valence-electron chi connectivity index (χ0n) is 12.4. The Morgan fingerprint density at radius 2 is 2.10 bits per heavy atom. The van der Waals surface area contributed by atoms with Gasteiger partial charge >= 0.3 is 5.97 Å². The van der Waals surface area contributed by atoms with Crippen LogP contribution in [0.5, 0.6) is 0 Å². The summed E-state index contributed by atoms with van der Waals surface area (Å²) in [5.41, 5.74) is 7.72. The summed E-state index contributed by atoms with van der Waals surface area (Å²) in [6.07, 6.45) is 4.43. The number of carbonyl (C=O) groups excluding carboxylic acids is 1. The van der Waals surface area contributed by atoms with Crippen molar-refractivity contribution in [2.24, 2.45) is 10.8 Å². The Kier molecular flexibility index (Phi) is 6.73. The Bertz CT molecular complexity index is 443. The molecule has 1 aromatic carbocycles. The van der Waals surface area contributed by atoms with Crippen LogP contribution in [0.1, 0.15) is 25.3 Å². The van der Waals surface area contributed by atoms with Crippen LogP contribution in [0.3, 0.4) is 0 Å². The third-order valence-electron chi connectivity index (χ3n) is 2.94. The van der Waals surface area contributed by atoms with Crippen LogP contribution in [0.25, 0.3) is 0 Å². The van der Waals surface area contributed by atoms with Crippen molar-refractivity contribution in [2.75, 3.05) is 19.2 Å². The highest BCUT2D eigenvalue weighted by molar-refractivity contribution is 5.75. The number of methoxy groups -OCH3 is 1. The number of esters is 1. The van der Waals surface area contributed by atoms with Crippen LogP contribution >= 0.6 is 0 Å². The molecule has 0 aliphatic rings. The first-order valence-corrected chi connectivity index (χ1v) is 6.77. The Morgan fingerprint density at radius 3 is 2.65 bits per heavy atom. The largest absolute Gasteiger partial charge is 0.468 e. The second kappa shape index (κ2) is 8.32. The maximum atomic E-state index is 11.3. The molecule has 2 N–H and O–H groups in total. The molecule has 1 aromatic rings. The molecule has 0 aliphatic carbocycles. The summed E-state index contributed by atoms with van der Waals surface area (Å²) in [5, 5.41) is 6.14. The highest BCUT2D eigenvalue weighted by Crippen LogP contribution is 2.15. The lowest BCUT2D eigenvalue weighted by Gasteiger charge is -2.14. The molecule has 20 heavy (non-hydrogen) atoms. The predicted molar refractivity (Wildman–Crippen MR) is 81.9 cm³/mol. The van der Waals surface area contributed by atoms with Crippen LogP contribution in [0, 0.1) is 0 Å². The third kappa shape index (κ3) is 5.01. The van der Waals surface area contributed by atoms with Gasteiger partial charge in [-0.25, -0.2) is 0 Å². The number of rotatable bonds is 7. The average molecular weight is 277 g/mol. The van der Waals surface area contributed by atoms with Gasteiger partial charge in [-0.2, -0.15) is 5.10 Å². The van der Waals surface area contributed by atoms with E-state index >= 15 is 0 Å². The molecular formula is C15H23N3O2. The van der Waals surface area contributed by atoms with E-state index in [2.05, 4.69) is 16.8 Å². The number of anilines is 1. The Balaban J connectivity index is 2.62. The zero-order valence-corrected chi connectivity index (χ0v) is 12.4. The summed E-state index contributed by atoms with van der Waals surface area (Å²) in [7, 11) is 3.25. The molecule has 0 aromatic heterocycles. The van der Waals surface area contributed by atoms with E-state index in [4.69, 9.17) is 5.73 Å². The molecule has 1 unspecified atom stereocenters. The monoisotopic (exact) mass is 277 g/mol. The van der Waals surface area contributed by atoms with Crippen molar-refractivity contribution in [1.82, 2.24) is 0 Å². The molecule has 5 heteroatoms. The number of nitrogens with two attached hydrogens (primary N) is 1. The first kappa shape index (κ1) is 16.2. The minimum Gasteiger partial charge on any atom is -0.468 e. The van der Waals surface area contributed by atoms with E-state index in [0.717, 1.165) is 24.1 Å². The van der Waals surface area contributed by atoms with E-state index in [9.17, 15) is 4.79 Å². The lowest BCUT2D eigenvalue weighted by molar-refractivity contribution is -0.142. The maximum Gasteiger partial charge on any atom is 0.322 e. The van der Waals surface area contributed by atoms with Gasteiger partial charge < -0.3 is 10.5 Å². The number of hydrazone groups is 1. The van der Waals surface area contributed by atoms with E-state index in [0.29, 0.717) is 6.42 Å². The van der Waals surface area contributed by atoms with Crippen molar-refractivity contribution in [3.8, 4) is 0 Å². The van der Waals surface area contributed by atoms with Gasteiger partial charge in [0.2, 0.25) is 0 Å². The minimum atomic E-state index is -0.619. The minimum absolute atomic E-state index is 0.393. The molecule has 0 saturated heterocycles. The van der Waals surface area contributed by atoms with Gasteiger partial charge in [-0.3, -0.25) is 9.80 Å². The lowest BCUT2D eigenvalue weighted by atomic mass is 10.1. The van der Waals surface area contributed by atoms with E-state index in [1.807, 2.05) is 42.5 Å². The summed E-state index contributed by atoms with van der Waals surface area (Å²) in [4.78, 5) is 11.3. The summed E-state index contributed by atoms with van der Waals surface area (Å²) < 4.78 is 4.61. The van der Waals surface area contributed by atoms with Gasteiger partial charge in [-0.15, -0.1) is 0 Å². The molecule has 110 valence electrons. The number of unbranched alkanes of at least 4 members (excludes halogenated alkanes) is 1. The Hall–Kier alpha value is -1.88. The van der Waals surface area contributed by atoms with E-state index < -0.39 is 12.0 Å². The Morgan fingerprint density at radius 1 is 1.45 bits per heavy atom. The predicted octanol–water partition coefficient (Wildman–Crippen LogP) is 1.95. The summed E-state index contributed by atoms with van der Waals surface area (Å²) in [6, 6.07) is 7.20. The molecule has 0 bridgehead atoms. The van der Waals surface area contributed by atoms with E-state index in [1.54, 1.807) is 0 Å². The average Bonchev–Trinajstić information content (AvgIpc) is 2.47. The van der Waals surface area contributed by atoms with Crippen molar-refractivity contribution >= 4 is 17.9 Å². The van der Waals surface area contributed by atoms with Crippen LogP contribution in [0.4, 0.5) is 5.69 Å². The van der Waals surface area contributed by atoms with Gasteiger partial charge in [-0.05, 0) is 30.5 Å². The number of benzene rings is 1. The number of ether oxygens (including phenoxy) is 1. The van der Waals surface area contributed by atoms with Crippen molar-refractivity contribution in [1.29, 1.82) is 0 Å². The highest BCUT2D eigenvalue weighted by Gasteiger charge is 2.14. The molecule has 5 nitrogen and oxygen atoms in total. The molecule has 0 aliphatic heterocycles. The van der Waals surface area contributed by atoms with Gasteiger partial charge in [-0.1, -0.05) is 25.5 Å². The van der Waals surface area contributed by atoms with Gasteiger partial charge in [0.1, 0.15) is 6.04 Å². The zero-order chi connectivity index (χ0) is 15.0. The summed E-state index contributed by atoms with van der Waals surface area (Å²) in [5.74, 6) is -0.393. The van der Waals surface area contributed by atoms with Gasteiger partial charge in [0, 0.05) is 13.3 Å². The standard InChI is InChI=1S/C15H23N3O2/c1-4-5-10-17-18(2)13-8-6-12(7-9-13)11-14(16)15(19)20-3/h6-10,14H,4-5,11,16H2,1-3H3/b17-10-. The Labute approximate surface area is 120 Å². The molecule has 0 radical (unpaired) electrons. The van der Waals surface area contributed by atoms with Crippen molar-refractivity contribution in [2.45, 2.75) is 32.2 Å². The fraction of sp³-hybridized carbons (Fsp3) is 0.467. The summed E-state index contributed by atoms with van der Waals surface area (Å²) in [6.45, 7) is 2.12. The van der Waals surface area contributed by atoms with Crippen LogP contribution in [-0.4, -0.2) is 32.4 Å². The molecule has 1 rings (SSSR count). The van der Waals surface area contributed by atoms with Gasteiger partial charge in [0.15, 0.2) is 0 Å². The van der Waals surface area contributed by atoms with Crippen molar-refractivity contribution in [3.63, 3.8) is 0 Å². The first-order chi connectivity index (χ1) is 9.58. The van der Waals surface area contributed by atoms with Crippen LogP contribution < -0.4 is 10.7 Å². The number of hydrogen-bond donors (Lipinski definition) is 1. The second-order valence-corrected chi connectivity index (χ2v) is 4.61. The first-order valence-electron chi connectivity index (χ1n) is 6.77. The van der Waals surface area contributed by atoms with Crippen LogP contribution in [-0.2, 0) is 16.0 Å². The normalized spacial score (nSPS) is 12.4. The number of nitrogens with zero attached hydrogens (tertiary/aromatic N) is 2. The third-order valence-corrected chi connectivity index (χ3v) is 2.94. The van der Waals surface area contributed by atoms with E-state index in [-0.39, 0.29) is 0 Å². The van der Waals surface area contributed by atoms with Crippen molar-refractivity contribution < 1.29 is 9.53 Å². The van der Waals surface area contributed by atoms with E-state index in [1.165, 1.54) is 7.11 Å². The lowest BCUT2D eigenvalue weighted by Crippen LogP contribution is -2.33. The summed E-state index contributed by atoms with van der Waals surface area (Å²) >= 11 is 0. The topological polar surface area (TPSA) is 67.9 Å². The molecule has 0 heterocycles. The van der Waals surface area contributed by atoms with Gasteiger partial charge in [0.25, 0.3) is 0 Å². The molecule has 0 fully saturated rings. The molecular weight excluding hydrogens is 254 g/mol. The second-order valence-electron chi connectivity index (χ2n) is 4.61. The van der Waals surface area contributed by atoms with Crippen LogP contribution in [0.15, 0.2) is 29.4 Å². The van der Waals surface area contributed by atoms with Crippen molar-refractivity contribution in [3.05, 3.63) is 29.8 Å². The van der Waals surface area contributed by atoms with Crippen LogP contribution in [0.2, 0.25) is 0 Å². The van der Waals surface area contributed by atoms with Gasteiger partial charge in [0.05, 0.1) is 12.8 Å².